The Morgan fingerprint density at radius 3 is 2.39 bits per heavy atom. The number of amides is 2. The SMILES string of the molecule is CC(=O)N1CCCN(Cc2ccccc2)CCN(C(=O)c2nc(C)n(-c3ccc(C)cc3)n2)Cc2cc(Cl)ccc21. The van der Waals surface area contributed by atoms with Gasteiger partial charge in [-0.15, -0.1) is 5.10 Å². The van der Waals surface area contributed by atoms with Crippen molar-refractivity contribution in [2.45, 2.75) is 40.3 Å². The van der Waals surface area contributed by atoms with E-state index in [0.717, 1.165) is 42.0 Å². The highest BCUT2D eigenvalue weighted by Gasteiger charge is 2.26. The normalized spacial score (nSPS) is 14.8. The van der Waals surface area contributed by atoms with E-state index in [2.05, 4.69) is 27.1 Å². The van der Waals surface area contributed by atoms with Crippen molar-refractivity contribution < 1.29 is 9.59 Å². The molecule has 0 atom stereocenters. The number of fused-ring (bicyclic) bond motifs is 1. The van der Waals surface area contributed by atoms with Crippen LogP contribution in [-0.2, 0) is 17.9 Å². The van der Waals surface area contributed by atoms with Gasteiger partial charge in [0.25, 0.3) is 5.91 Å². The molecule has 0 radical (unpaired) electrons. The van der Waals surface area contributed by atoms with Crippen molar-refractivity contribution in [1.29, 1.82) is 0 Å². The standard InChI is InChI=1S/C32H35ClN6O2/c1-23-10-13-29(14-11-23)39-24(2)34-31(35-39)32(41)37-19-18-36(21-26-8-5-4-6-9-26)16-7-17-38(25(3)40)30-15-12-28(33)20-27(30)22-37/h4-6,8-15,20H,7,16-19,21-22H2,1-3H3. The van der Waals surface area contributed by atoms with Crippen molar-refractivity contribution in [3.05, 3.63) is 106 Å². The Morgan fingerprint density at radius 1 is 0.902 bits per heavy atom. The summed E-state index contributed by atoms with van der Waals surface area (Å²) >= 11 is 6.42. The van der Waals surface area contributed by atoms with E-state index in [1.54, 1.807) is 27.5 Å². The third-order valence-electron chi connectivity index (χ3n) is 7.39. The summed E-state index contributed by atoms with van der Waals surface area (Å²) in [4.78, 5) is 37.3. The number of aromatic nitrogens is 3. The highest BCUT2D eigenvalue weighted by atomic mass is 35.5. The first-order valence-corrected chi connectivity index (χ1v) is 14.3. The van der Waals surface area contributed by atoms with Crippen LogP contribution >= 0.6 is 11.6 Å². The summed E-state index contributed by atoms with van der Waals surface area (Å²) in [5.74, 6) is 0.458. The Morgan fingerprint density at radius 2 is 1.66 bits per heavy atom. The lowest BCUT2D eigenvalue weighted by atomic mass is 10.1. The number of rotatable bonds is 4. The second-order valence-corrected chi connectivity index (χ2v) is 11.0. The summed E-state index contributed by atoms with van der Waals surface area (Å²) in [5, 5.41) is 5.17. The molecule has 8 nitrogen and oxygen atoms in total. The number of hydrogen-bond donors (Lipinski definition) is 0. The fourth-order valence-electron chi connectivity index (χ4n) is 5.23. The molecule has 0 unspecified atom stereocenters. The number of aryl methyl sites for hydroxylation is 2. The van der Waals surface area contributed by atoms with E-state index in [9.17, 15) is 9.59 Å². The van der Waals surface area contributed by atoms with Crippen molar-refractivity contribution in [1.82, 2.24) is 24.6 Å². The molecule has 1 aromatic heterocycles. The lowest BCUT2D eigenvalue weighted by Crippen LogP contribution is -2.39. The van der Waals surface area contributed by atoms with E-state index < -0.39 is 0 Å². The molecule has 1 aliphatic heterocycles. The summed E-state index contributed by atoms with van der Waals surface area (Å²) < 4.78 is 1.70. The van der Waals surface area contributed by atoms with Crippen LogP contribution in [0.4, 0.5) is 5.69 Å². The molecule has 1 aliphatic rings. The van der Waals surface area contributed by atoms with Crippen LogP contribution in [0.25, 0.3) is 5.69 Å². The maximum atomic E-state index is 14.0. The second-order valence-electron chi connectivity index (χ2n) is 10.5. The molecule has 0 saturated carbocycles. The topological polar surface area (TPSA) is 74.6 Å². The average molecular weight is 571 g/mol. The van der Waals surface area contributed by atoms with Crippen LogP contribution in [0.15, 0.2) is 72.8 Å². The molecule has 0 fully saturated rings. The molecule has 0 spiro atoms. The molecule has 2 amide bonds. The van der Waals surface area contributed by atoms with Gasteiger partial charge in [-0.3, -0.25) is 14.5 Å². The summed E-state index contributed by atoms with van der Waals surface area (Å²) in [7, 11) is 0. The van der Waals surface area contributed by atoms with Gasteiger partial charge in [-0.05, 0) is 61.7 Å². The molecule has 5 rings (SSSR count). The monoisotopic (exact) mass is 570 g/mol. The molecule has 2 heterocycles. The van der Waals surface area contributed by atoms with Crippen molar-refractivity contribution >= 4 is 29.1 Å². The number of carbonyl (C=O) groups excluding carboxylic acids is 2. The lowest BCUT2D eigenvalue weighted by Gasteiger charge is -2.27. The van der Waals surface area contributed by atoms with Gasteiger partial charge in [0.2, 0.25) is 11.7 Å². The molecule has 3 aromatic carbocycles. The fraction of sp³-hybridized carbons (Fsp3) is 0.312. The number of benzene rings is 3. The van der Waals surface area contributed by atoms with Crippen LogP contribution in [0.1, 0.15) is 46.5 Å². The third kappa shape index (κ3) is 6.84. The van der Waals surface area contributed by atoms with E-state index in [1.807, 2.05) is 68.4 Å². The van der Waals surface area contributed by atoms with Gasteiger partial charge in [-0.2, -0.15) is 0 Å². The van der Waals surface area contributed by atoms with Gasteiger partial charge >= 0.3 is 0 Å². The van der Waals surface area contributed by atoms with Gasteiger partial charge in [0.1, 0.15) is 5.82 Å². The van der Waals surface area contributed by atoms with Crippen LogP contribution in [0.5, 0.6) is 0 Å². The van der Waals surface area contributed by atoms with Gasteiger partial charge in [-0.1, -0.05) is 59.6 Å². The lowest BCUT2D eigenvalue weighted by molar-refractivity contribution is -0.116. The minimum absolute atomic E-state index is 0.0468. The van der Waals surface area contributed by atoms with Crippen LogP contribution in [0, 0.1) is 13.8 Å². The Labute approximate surface area is 246 Å². The zero-order valence-electron chi connectivity index (χ0n) is 23.8. The number of halogens is 1. The molecule has 41 heavy (non-hydrogen) atoms. The van der Waals surface area contributed by atoms with Gasteiger partial charge in [-0.25, -0.2) is 9.67 Å². The Balaban J connectivity index is 1.49. The molecular formula is C32H35ClN6O2. The van der Waals surface area contributed by atoms with Crippen LogP contribution in [0.3, 0.4) is 0 Å². The first kappa shape index (κ1) is 28.5. The molecule has 0 aliphatic carbocycles. The molecule has 0 bridgehead atoms. The van der Waals surface area contributed by atoms with Crippen LogP contribution in [-0.4, -0.2) is 62.6 Å². The average Bonchev–Trinajstić information content (AvgIpc) is 3.33. The Bertz CT molecular complexity index is 1520. The number of carbonyl (C=O) groups is 2. The highest BCUT2D eigenvalue weighted by molar-refractivity contribution is 6.30. The third-order valence-corrected chi connectivity index (χ3v) is 7.63. The fourth-order valence-corrected chi connectivity index (χ4v) is 5.42. The summed E-state index contributed by atoms with van der Waals surface area (Å²) in [5.41, 5.74) is 4.77. The summed E-state index contributed by atoms with van der Waals surface area (Å²) in [6.07, 6.45) is 0.796. The zero-order valence-corrected chi connectivity index (χ0v) is 24.5. The molecule has 9 heteroatoms. The minimum atomic E-state index is -0.266. The van der Waals surface area contributed by atoms with Gasteiger partial charge in [0.15, 0.2) is 0 Å². The molecule has 4 aromatic rings. The molecular weight excluding hydrogens is 536 g/mol. The van der Waals surface area contributed by atoms with Gasteiger partial charge in [0.05, 0.1) is 5.69 Å². The summed E-state index contributed by atoms with van der Waals surface area (Å²) in [6.45, 7) is 8.96. The first-order chi connectivity index (χ1) is 19.8. The maximum absolute atomic E-state index is 14.0. The summed E-state index contributed by atoms with van der Waals surface area (Å²) in [6, 6.07) is 23.8. The van der Waals surface area contributed by atoms with Crippen molar-refractivity contribution in [3.8, 4) is 5.69 Å². The quantitative estimate of drug-likeness (QED) is 0.327. The van der Waals surface area contributed by atoms with E-state index in [-0.39, 0.29) is 24.2 Å². The Kier molecular flexibility index (Phi) is 8.81. The smallest absolute Gasteiger partial charge is 0.293 e. The first-order valence-electron chi connectivity index (χ1n) is 13.9. The molecule has 0 saturated heterocycles. The van der Waals surface area contributed by atoms with Gasteiger partial charge in [0, 0.05) is 56.9 Å². The van der Waals surface area contributed by atoms with Crippen LogP contribution in [0.2, 0.25) is 5.02 Å². The predicted molar refractivity (Wildman–Crippen MR) is 161 cm³/mol. The number of anilines is 1. The maximum Gasteiger partial charge on any atom is 0.293 e. The second kappa shape index (κ2) is 12.7. The largest absolute Gasteiger partial charge is 0.330 e. The molecule has 0 N–H and O–H groups in total. The van der Waals surface area contributed by atoms with Crippen molar-refractivity contribution in [2.75, 3.05) is 31.1 Å². The predicted octanol–water partition coefficient (Wildman–Crippen LogP) is 5.44. The van der Waals surface area contributed by atoms with E-state index in [4.69, 9.17) is 11.6 Å². The number of nitrogens with zero attached hydrogens (tertiary/aromatic N) is 6. The van der Waals surface area contributed by atoms with E-state index >= 15 is 0 Å². The van der Waals surface area contributed by atoms with Gasteiger partial charge < -0.3 is 9.80 Å². The van der Waals surface area contributed by atoms with E-state index in [1.165, 1.54) is 5.56 Å². The zero-order chi connectivity index (χ0) is 28.9. The number of hydrogen-bond acceptors (Lipinski definition) is 5. The minimum Gasteiger partial charge on any atom is -0.330 e. The Hall–Kier alpha value is -4.01. The molecule has 212 valence electrons. The van der Waals surface area contributed by atoms with Crippen molar-refractivity contribution in [2.24, 2.45) is 0 Å². The highest BCUT2D eigenvalue weighted by Crippen LogP contribution is 2.28. The van der Waals surface area contributed by atoms with Crippen LogP contribution < -0.4 is 4.90 Å². The van der Waals surface area contributed by atoms with E-state index in [0.29, 0.717) is 30.5 Å². The van der Waals surface area contributed by atoms with Crippen molar-refractivity contribution in [3.63, 3.8) is 0 Å².